The van der Waals surface area contributed by atoms with E-state index in [2.05, 4.69) is 64.2 Å². The highest BCUT2D eigenvalue weighted by Crippen LogP contribution is 2.22. The van der Waals surface area contributed by atoms with Gasteiger partial charge in [-0.3, -0.25) is 0 Å². The minimum atomic E-state index is -0.0681. The molecule has 0 saturated carbocycles. The molecule has 0 radical (unpaired) electrons. The quantitative estimate of drug-likeness (QED) is 0.772. The Morgan fingerprint density at radius 1 is 0.947 bits per heavy atom. The molecule has 0 bridgehead atoms. The number of hydrogen-bond donors (Lipinski definition) is 2. The van der Waals surface area contributed by atoms with Gasteiger partial charge in [-0.15, -0.1) is 0 Å². The fourth-order valence-corrected chi connectivity index (χ4v) is 1.94. The first-order chi connectivity index (χ1) is 8.68. The second-order valence-electron chi connectivity index (χ2n) is 7.19. The number of nitrogens with one attached hydrogen (secondary N) is 1. The van der Waals surface area contributed by atoms with Crippen LogP contribution in [0.5, 0.6) is 0 Å². The molecular weight excluding hydrogens is 232 g/mol. The molecule has 0 saturated heterocycles. The van der Waals surface area contributed by atoms with E-state index in [-0.39, 0.29) is 11.0 Å². The minimum Gasteiger partial charge on any atom is -0.326 e. The van der Waals surface area contributed by atoms with Gasteiger partial charge in [0.25, 0.3) is 0 Å². The van der Waals surface area contributed by atoms with Gasteiger partial charge in [0.05, 0.1) is 0 Å². The van der Waals surface area contributed by atoms with E-state index in [0.717, 1.165) is 25.9 Å². The molecule has 0 aliphatic carbocycles. The molecule has 108 valence electrons. The smallest absolute Gasteiger partial charge is 0.0109 e. The van der Waals surface area contributed by atoms with E-state index in [1.807, 2.05) is 0 Å². The normalized spacial score (nSPS) is 12.7. The van der Waals surface area contributed by atoms with Crippen LogP contribution in [0.4, 0.5) is 0 Å². The maximum atomic E-state index is 5.95. The van der Waals surface area contributed by atoms with Crippen molar-refractivity contribution in [1.29, 1.82) is 0 Å². The van der Waals surface area contributed by atoms with Crippen molar-refractivity contribution in [2.75, 3.05) is 13.1 Å². The Labute approximate surface area is 118 Å². The van der Waals surface area contributed by atoms with Crippen molar-refractivity contribution in [1.82, 2.24) is 5.32 Å². The molecule has 0 heterocycles. The molecule has 2 heteroatoms. The van der Waals surface area contributed by atoms with Crippen LogP contribution in [-0.2, 0) is 11.8 Å². The number of benzene rings is 1. The molecule has 0 unspecified atom stereocenters. The van der Waals surface area contributed by atoms with Gasteiger partial charge in [-0.1, -0.05) is 45.0 Å². The number of hydrogen-bond acceptors (Lipinski definition) is 2. The van der Waals surface area contributed by atoms with Crippen molar-refractivity contribution in [3.05, 3.63) is 35.4 Å². The average molecular weight is 262 g/mol. The highest BCUT2D eigenvalue weighted by Gasteiger charge is 2.12. The van der Waals surface area contributed by atoms with Crippen molar-refractivity contribution < 1.29 is 0 Å². The van der Waals surface area contributed by atoms with Gasteiger partial charge in [0.2, 0.25) is 0 Å². The molecule has 0 amide bonds. The van der Waals surface area contributed by atoms with E-state index in [4.69, 9.17) is 5.73 Å². The van der Waals surface area contributed by atoms with Crippen LogP contribution in [-0.4, -0.2) is 18.6 Å². The summed E-state index contributed by atoms with van der Waals surface area (Å²) < 4.78 is 0. The Morgan fingerprint density at radius 2 is 1.53 bits per heavy atom. The van der Waals surface area contributed by atoms with Gasteiger partial charge in [0, 0.05) is 5.54 Å². The van der Waals surface area contributed by atoms with Gasteiger partial charge >= 0.3 is 0 Å². The summed E-state index contributed by atoms with van der Waals surface area (Å²) in [4.78, 5) is 0. The molecule has 0 atom stereocenters. The summed E-state index contributed by atoms with van der Waals surface area (Å²) in [5.74, 6) is 0. The zero-order valence-corrected chi connectivity index (χ0v) is 13.2. The van der Waals surface area contributed by atoms with E-state index >= 15 is 0 Å². The Hall–Kier alpha value is -0.860. The zero-order chi connectivity index (χ0) is 14.5. The van der Waals surface area contributed by atoms with Crippen LogP contribution < -0.4 is 11.1 Å². The third-order valence-corrected chi connectivity index (χ3v) is 3.36. The minimum absolute atomic E-state index is 0.0681. The van der Waals surface area contributed by atoms with Crippen LogP contribution in [0.15, 0.2) is 24.3 Å². The topological polar surface area (TPSA) is 38.0 Å². The molecular formula is C17H30N2. The van der Waals surface area contributed by atoms with E-state index in [1.165, 1.54) is 11.1 Å². The third kappa shape index (κ3) is 6.74. The summed E-state index contributed by atoms with van der Waals surface area (Å²) in [5.41, 5.74) is 8.91. The lowest BCUT2D eigenvalue weighted by atomic mass is 9.86. The maximum absolute atomic E-state index is 5.95. The van der Waals surface area contributed by atoms with E-state index in [0.29, 0.717) is 0 Å². The SMILES string of the molecule is CC(C)(N)CCNCCc1ccc(C(C)(C)C)cc1. The van der Waals surface area contributed by atoms with Gasteiger partial charge in [0.15, 0.2) is 0 Å². The molecule has 0 aromatic heterocycles. The summed E-state index contributed by atoms with van der Waals surface area (Å²) in [6, 6.07) is 8.99. The van der Waals surface area contributed by atoms with Crippen LogP contribution in [0, 0.1) is 0 Å². The molecule has 0 spiro atoms. The molecule has 2 nitrogen and oxygen atoms in total. The highest BCUT2D eigenvalue weighted by molar-refractivity contribution is 5.27. The predicted molar refractivity (Wildman–Crippen MR) is 84.6 cm³/mol. The summed E-state index contributed by atoms with van der Waals surface area (Å²) >= 11 is 0. The summed E-state index contributed by atoms with van der Waals surface area (Å²) in [6.45, 7) is 12.9. The average Bonchev–Trinajstić information content (AvgIpc) is 2.26. The number of rotatable bonds is 6. The first kappa shape index (κ1) is 16.2. The Balaban J connectivity index is 2.31. The lowest BCUT2D eigenvalue weighted by Gasteiger charge is -2.19. The van der Waals surface area contributed by atoms with E-state index in [9.17, 15) is 0 Å². The van der Waals surface area contributed by atoms with E-state index in [1.54, 1.807) is 0 Å². The predicted octanol–water partition coefficient (Wildman–Crippen LogP) is 3.24. The van der Waals surface area contributed by atoms with E-state index < -0.39 is 0 Å². The highest BCUT2D eigenvalue weighted by atomic mass is 14.9. The Morgan fingerprint density at radius 3 is 2.00 bits per heavy atom. The van der Waals surface area contributed by atoms with Crippen molar-refractivity contribution >= 4 is 0 Å². The van der Waals surface area contributed by atoms with Gasteiger partial charge < -0.3 is 11.1 Å². The molecule has 19 heavy (non-hydrogen) atoms. The fraction of sp³-hybridized carbons (Fsp3) is 0.647. The molecule has 1 rings (SSSR count). The molecule has 1 aromatic rings. The second-order valence-corrected chi connectivity index (χ2v) is 7.19. The second kappa shape index (κ2) is 6.53. The van der Waals surface area contributed by atoms with Crippen molar-refractivity contribution in [3.63, 3.8) is 0 Å². The maximum Gasteiger partial charge on any atom is 0.0109 e. The summed E-state index contributed by atoms with van der Waals surface area (Å²) in [5, 5.41) is 3.46. The Bertz CT molecular complexity index is 366. The van der Waals surface area contributed by atoms with Crippen molar-refractivity contribution in [3.8, 4) is 0 Å². The van der Waals surface area contributed by atoms with Crippen LogP contribution in [0.25, 0.3) is 0 Å². The molecule has 0 fully saturated rings. The van der Waals surface area contributed by atoms with Crippen LogP contribution in [0.3, 0.4) is 0 Å². The van der Waals surface area contributed by atoms with Gasteiger partial charge in [-0.05, 0) is 56.3 Å². The van der Waals surface area contributed by atoms with Gasteiger partial charge in [-0.25, -0.2) is 0 Å². The molecule has 0 aliphatic rings. The Kier molecular flexibility index (Phi) is 5.57. The van der Waals surface area contributed by atoms with Crippen molar-refractivity contribution in [2.45, 2.75) is 58.4 Å². The summed E-state index contributed by atoms with van der Waals surface area (Å²) in [7, 11) is 0. The van der Waals surface area contributed by atoms with Gasteiger partial charge in [-0.2, -0.15) is 0 Å². The monoisotopic (exact) mass is 262 g/mol. The third-order valence-electron chi connectivity index (χ3n) is 3.36. The fourth-order valence-electron chi connectivity index (χ4n) is 1.94. The zero-order valence-electron chi connectivity index (χ0n) is 13.2. The lowest BCUT2D eigenvalue weighted by molar-refractivity contribution is 0.456. The standard InChI is InChI=1S/C17H30N2/c1-16(2,3)15-8-6-14(7-9-15)10-12-19-13-11-17(4,5)18/h6-9,19H,10-13,18H2,1-5H3. The molecule has 1 aromatic carbocycles. The largest absolute Gasteiger partial charge is 0.326 e. The first-order valence-corrected chi connectivity index (χ1v) is 7.27. The van der Waals surface area contributed by atoms with Crippen LogP contribution in [0.1, 0.15) is 52.2 Å². The lowest BCUT2D eigenvalue weighted by Crippen LogP contribution is -2.36. The van der Waals surface area contributed by atoms with Gasteiger partial charge in [0.1, 0.15) is 0 Å². The van der Waals surface area contributed by atoms with Crippen LogP contribution >= 0.6 is 0 Å². The number of nitrogens with two attached hydrogens (primary N) is 1. The molecule has 3 N–H and O–H groups in total. The van der Waals surface area contributed by atoms with Crippen LogP contribution in [0.2, 0.25) is 0 Å². The first-order valence-electron chi connectivity index (χ1n) is 7.27. The molecule has 0 aliphatic heterocycles. The van der Waals surface area contributed by atoms with Crippen molar-refractivity contribution in [2.24, 2.45) is 5.73 Å². The summed E-state index contributed by atoms with van der Waals surface area (Å²) in [6.07, 6.45) is 2.09.